The van der Waals surface area contributed by atoms with E-state index in [0.29, 0.717) is 24.5 Å². The molecule has 1 aromatic rings. The molecule has 29 heavy (non-hydrogen) atoms. The number of hydrogen-bond acceptors (Lipinski definition) is 5. The number of rotatable bonds is 7. The lowest BCUT2D eigenvalue weighted by Crippen LogP contribution is -2.48. The van der Waals surface area contributed by atoms with Crippen LogP contribution >= 0.6 is 0 Å². The van der Waals surface area contributed by atoms with Gasteiger partial charge in [-0.3, -0.25) is 19.3 Å². The van der Waals surface area contributed by atoms with E-state index in [1.165, 1.54) is 7.05 Å². The van der Waals surface area contributed by atoms with Crippen molar-refractivity contribution in [2.75, 3.05) is 34.4 Å². The van der Waals surface area contributed by atoms with Crippen LogP contribution in [0.4, 0.5) is 0 Å². The predicted octanol–water partition coefficient (Wildman–Crippen LogP) is 2.13. The van der Waals surface area contributed by atoms with Gasteiger partial charge in [0, 0.05) is 46.2 Å². The number of methoxy groups -OCH3 is 2. The number of carbonyl (C=O) groups excluding carboxylic acids is 3. The standard InChI is InChI=1S/C22H30N2O5/c1-23-19(25)14-22(21(23)27,16-7-9-18(29-3)10-8-16)15-20(26)24-12-5-4-6-17(24)11-13-28-2/h7-10,17H,4-6,11-15H2,1-3H3. The second kappa shape index (κ2) is 8.95. The van der Waals surface area contributed by atoms with Crippen LogP contribution in [-0.4, -0.2) is 68.0 Å². The molecule has 1 aromatic carbocycles. The van der Waals surface area contributed by atoms with E-state index in [1.807, 2.05) is 4.90 Å². The zero-order valence-electron chi connectivity index (χ0n) is 17.5. The van der Waals surface area contributed by atoms with Crippen LogP contribution in [0, 0.1) is 0 Å². The molecule has 0 saturated carbocycles. The van der Waals surface area contributed by atoms with Crippen LogP contribution in [0.2, 0.25) is 0 Å². The average Bonchev–Trinajstić information content (AvgIpc) is 2.96. The monoisotopic (exact) mass is 402 g/mol. The summed E-state index contributed by atoms with van der Waals surface area (Å²) in [5, 5.41) is 0. The molecule has 158 valence electrons. The Morgan fingerprint density at radius 2 is 1.90 bits per heavy atom. The van der Waals surface area contributed by atoms with Gasteiger partial charge in [0.05, 0.1) is 12.5 Å². The minimum Gasteiger partial charge on any atom is -0.497 e. The molecule has 0 spiro atoms. The molecule has 3 amide bonds. The van der Waals surface area contributed by atoms with Gasteiger partial charge in [-0.1, -0.05) is 12.1 Å². The number of likely N-dealkylation sites (tertiary alicyclic amines) is 2. The molecule has 2 aliphatic heterocycles. The number of carbonyl (C=O) groups is 3. The van der Waals surface area contributed by atoms with Crippen molar-refractivity contribution in [2.24, 2.45) is 0 Å². The molecule has 3 rings (SSSR count). The van der Waals surface area contributed by atoms with Gasteiger partial charge in [0.1, 0.15) is 5.75 Å². The minimum atomic E-state index is -1.15. The Morgan fingerprint density at radius 3 is 2.48 bits per heavy atom. The maximum atomic E-state index is 13.4. The number of amides is 3. The summed E-state index contributed by atoms with van der Waals surface area (Å²) in [7, 11) is 4.72. The van der Waals surface area contributed by atoms with Crippen LogP contribution in [0.5, 0.6) is 5.75 Å². The number of piperidine rings is 1. The van der Waals surface area contributed by atoms with Gasteiger partial charge < -0.3 is 14.4 Å². The van der Waals surface area contributed by atoms with E-state index in [2.05, 4.69) is 0 Å². The summed E-state index contributed by atoms with van der Waals surface area (Å²) in [5.74, 6) is 0.0220. The first-order chi connectivity index (χ1) is 13.9. The molecule has 7 heteroatoms. The van der Waals surface area contributed by atoms with E-state index < -0.39 is 5.41 Å². The Hall–Kier alpha value is -2.41. The highest BCUT2D eigenvalue weighted by atomic mass is 16.5. The van der Waals surface area contributed by atoms with Crippen molar-refractivity contribution in [3.8, 4) is 5.75 Å². The number of likely N-dealkylation sites (N-methyl/N-ethyl adjacent to an activating group) is 1. The maximum absolute atomic E-state index is 13.4. The SMILES string of the molecule is COCCC1CCCCN1C(=O)CC1(c2ccc(OC)cc2)CC(=O)N(C)C1=O. The molecule has 2 saturated heterocycles. The highest BCUT2D eigenvalue weighted by molar-refractivity contribution is 6.10. The maximum Gasteiger partial charge on any atom is 0.240 e. The largest absolute Gasteiger partial charge is 0.497 e. The third-order valence-corrected chi connectivity index (χ3v) is 6.24. The summed E-state index contributed by atoms with van der Waals surface area (Å²) in [6.45, 7) is 1.28. The molecule has 2 heterocycles. The lowest BCUT2D eigenvalue weighted by molar-refractivity contribution is -0.143. The highest BCUT2D eigenvalue weighted by Gasteiger charge is 2.53. The third-order valence-electron chi connectivity index (χ3n) is 6.24. The Bertz CT molecular complexity index is 763. The fourth-order valence-corrected chi connectivity index (χ4v) is 4.51. The number of hydrogen-bond donors (Lipinski definition) is 0. The van der Waals surface area contributed by atoms with E-state index in [4.69, 9.17) is 9.47 Å². The molecular formula is C22H30N2O5. The molecule has 2 fully saturated rings. The van der Waals surface area contributed by atoms with Gasteiger partial charge in [0.2, 0.25) is 17.7 Å². The van der Waals surface area contributed by atoms with Crippen LogP contribution < -0.4 is 4.74 Å². The molecule has 0 radical (unpaired) electrons. The number of nitrogens with zero attached hydrogens (tertiary/aromatic N) is 2. The first kappa shape index (κ1) is 21.3. The molecular weight excluding hydrogens is 372 g/mol. The fraction of sp³-hybridized carbons (Fsp3) is 0.591. The van der Waals surface area contributed by atoms with Gasteiger partial charge in [-0.15, -0.1) is 0 Å². The molecule has 2 atom stereocenters. The summed E-state index contributed by atoms with van der Waals surface area (Å²) in [6, 6.07) is 7.22. The molecule has 0 bridgehead atoms. The highest BCUT2D eigenvalue weighted by Crippen LogP contribution is 2.41. The lowest BCUT2D eigenvalue weighted by Gasteiger charge is -2.38. The van der Waals surface area contributed by atoms with Crippen molar-refractivity contribution in [2.45, 2.75) is 50.0 Å². The van der Waals surface area contributed by atoms with Crippen molar-refractivity contribution < 1.29 is 23.9 Å². The smallest absolute Gasteiger partial charge is 0.240 e. The molecule has 0 aliphatic carbocycles. The second-order valence-corrected chi connectivity index (χ2v) is 7.94. The fourth-order valence-electron chi connectivity index (χ4n) is 4.51. The predicted molar refractivity (Wildman–Crippen MR) is 108 cm³/mol. The first-order valence-corrected chi connectivity index (χ1v) is 10.2. The van der Waals surface area contributed by atoms with E-state index >= 15 is 0 Å². The summed E-state index contributed by atoms with van der Waals surface area (Å²) in [5.41, 5.74) is -0.474. The molecule has 7 nitrogen and oxygen atoms in total. The zero-order valence-corrected chi connectivity index (χ0v) is 17.5. The quantitative estimate of drug-likeness (QED) is 0.653. The Kier molecular flexibility index (Phi) is 6.57. The molecule has 2 unspecified atom stereocenters. The van der Waals surface area contributed by atoms with Gasteiger partial charge in [0.25, 0.3) is 0 Å². The normalized spacial score (nSPS) is 24.9. The Morgan fingerprint density at radius 1 is 1.17 bits per heavy atom. The van der Waals surface area contributed by atoms with Crippen LogP contribution in [-0.2, 0) is 24.5 Å². The zero-order chi connectivity index (χ0) is 21.0. The second-order valence-electron chi connectivity index (χ2n) is 7.94. The number of benzene rings is 1. The molecule has 0 aromatic heterocycles. The van der Waals surface area contributed by atoms with Gasteiger partial charge in [0.15, 0.2) is 0 Å². The molecule has 2 aliphatic rings. The Balaban J connectivity index is 1.89. The topological polar surface area (TPSA) is 76.2 Å². The van der Waals surface area contributed by atoms with E-state index in [9.17, 15) is 14.4 Å². The van der Waals surface area contributed by atoms with Gasteiger partial charge in [-0.2, -0.15) is 0 Å². The summed E-state index contributed by atoms with van der Waals surface area (Å²) >= 11 is 0. The number of imide groups is 1. The van der Waals surface area contributed by atoms with Gasteiger partial charge in [-0.05, 0) is 43.4 Å². The summed E-state index contributed by atoms with van der Waals surface area (Å²) in [6.07, 6.45) is 3.77. The van der Waals surface area contributed by atoms with Crippen molar-refractivity contribution in [1.29, 1.82) is 0 Å². The van der Waals surface area contributed by atoms with Crippen LogP contribution in [0.15, 0.2) is 24.3 Å². The summed E-state index contributed by atoms with van der Waals surface area (Å²) < 4.78 is 10.4. The average molecular weight is 402 g/mol. The van der Waals surface area contributed by atoms with Crippen molar-refractivity contribution in [3.05, 3.63) is 29.8 Å². The summed E-state index contributed by atoms with van der Waals surface area (Å²) in [4.78, 5) is 42.0. The van der Waals surface area contributed by atoms with Crippen LogP contribution in [0.1, 0.15) is 44.1 Å². The van der Waals surface area contributed by atoms with Gasteiger partial charge in [-0.25, -0.2) is 0 Å². The third kappa shape index (κ3) is 4.15. The van der Waals surface area contributed by atoms with Crippen LogP contribution in [0.3, 0.4) is 0 Å². The van der Waals surface area contributed by atoms with Crippen molar-refractivity contribution >= 4 is 17.7 Å². The van der Waals surface area contributed by atoms with Gasteiger partial charge >= 0.3 is 0 Å². The van der Waals surface area contributed by atoms with E-state index in [1.54, 1.807) is 38.5 Å². The Labute approximate surface area is 171 Å². The molecule has 0 N–H and O–H groups in total. The van der Waals surface area contributed by atoms with E-state index in [-0.39, 0.29) is 36.6 Å². The number of ether oxygens (including phenoxy) is 2. The first-order valence-electron chi connectivity index (χ1n) is 10.2. The van der Waals surface area contributed by atoms with Crippen molar-refractivity contribution in [3.63, 3.8) is 0 Å². The van der Waals surface area contributed by atoms with E-state index in [0.717, 1.165) is 30.6 Å². The lowest BCUT2D eigenvalue weighted by atomic mass is 9.75. The van der Waals surface area contributed by atoms with Crippen LogP contribution in [0.25, 0.3) is 0 Å². The van der Waals surface area contributed by atoms with Crippen molar-refractivity contribution in [1.82, 2.24) is 9.80 Å². The minimum absolute atomic E-state index is 0.00226.